The molecule has 1 atom stereocenters. The van der Waals surface area contributed by atoms with Gasteiger partial charge in [0.15, 0.2) is 5.75 Å². The lowest BCUT2D eigenvalue weighted by molar-refractivity contribution is -0.385. The van der Waals surface area contributed by atoms with E-state index in [1.807, 2.05) is 19.0 Å². The topological polar surface area (TPSA) is 105 Å². The molecular weight excluding hydrogens is 340 g/mol. The van der Waals surface area contributed by atoms with E-state index < -0.39 is 10.8 Å². The summed E-state index contributed by atoms with van der Waals surface area (Å²) in [5.41, 5.74) is 0.0825. The van der Waals surface area contributed by atoms with Crippen LogP contribution in [0.25, 0.3) is 0 Å². The summed E-state index contributed by atoms with van der Waals surface area (Å²) in [6.07, 6.45) is 1.00. The molecule has 142 valence electrons. The van der Waals surface area contributed by atoms with Crippen LogP contribution in [-0.4, -0.2) is 67.4 Å². The number of methoxy groups -OCH3 is 1. The SMILES string of the molecule is COc1ccc(NC(=O)C2CC(=O)N(CCCN(C)C)C2)cc1[N+](=O)[O-]. The van der Waals surface area contributed by atoms with Crippen LogP contribution >= 0.6 is 0 Å². The van der Waals surface area contributed by atoms with Crippen LogP contribution in [0.15, 0.2) is 18.2 Å². The molecule has 26 heavy (non-hydrogen) atoms. The molecule has 1 heterocycles. The molecule has 0 spiro atoms. The van der Waals surface area contributed by atoms with Gasteiger partial charge in [-0.2, -0.15) is 0 Å². The van der Waals surface area contributed by atoms with Crippen molar-refractivity contribution in [1.29, 1.82) is 0 Å². The second-order valence-electron chi connectivity index (χ2n) is 6.53. The van der Waals surface area contributed by atoms with Crippen molar-refractivity contribution in [3.8, 4) is 5.75 Å². The molecule has 9 heteroatoms. The van der Waals surface area contributed by atoms with Crippen molar-refractivity contribution in [2.24, 2.45) is 5.92 Å². The van der Waals surface area contributed by atoms with Gasteiger partial charge in [0, 0.05) is 31.3 Å². The number of carbonyl (C=O) groups excluding carboxylic acids is 2. The highest BCUT2D eigenvalue weighted by Gasteiger charge is 2.34. The van der Waals surface area contributed by atoms with E-state index in [9.17, 15) is 19.7 Å². The van der Waals surface area contributed by atoms with E-state index >= 15 is 0 Å². The number of nitro groups is 1. The fourth-order valence-electron chi connectivity index (χ4n) is 2.90. The second-order valence-corrected chi connectivity index (χ2v) is 6.53. The lowest BCUT2D eigenvalue weighted by Gasteiger charge is -2.18. The van der Waals surface area contributed by atoms with Crippen LogP contribution in [0.3, 0.4) is 0 Å². The van der Waals surface area contributed by atoms with E-state index in [2.05, 4.69) is 5.32 Å². The van der Waals surface area contributed by atoms with Crippen molar-refractivity contribution < 1.29 is 19.2 Å². The molecule has 1 unspecified atom stereocenters. The van der Waals surface area contributed by atoms with Crippen molar-refractivity contribution in [3.05, 3.63) is 28.3 Å². The van der Waals surface area contributed by atoms with Gasteiger partial charge in [0.05, 0.1) is 18.0 Å². The molecule has 2 amide bonds. The number of hydrogen-bond acceptors (Lipinski definition) is 6. The van der Waals surface area contributed by atoms with Gasteiger partial charge < -0.3 is 19.9 Å². The predicted octanol–water partition coefficient (Wildman–Crippen LogP) is 1.34. The molecule has 0 bridgehead atoms. The van der Waals surface area contributed by atoms with Gasteiger partial charge in [0.2, 0.25) is 11.8 Å². The third-order valence-corrected chi connectivity index (χ3v) is 4.26. The molecule has 1 aromatic rings. The summed E-state index contributed by atoms with van der Waals surface area (Å²) in [4.78, 5) is 38.7. The normalized spacial score (nSPS) is 16.8. The summed E-state index contributed by atoms with van der Waals surface area (Å²) in [5.74, 6) is -0.684. The number of benzene rings is 1. The standard InChI is InChI=1S/C17H24N4O5/c1-19(2)7-4-8-20-11-12(9-16(20)22)17(23)18-13-5-6-15(26-3)14(10-13)21(24)25/h5-6,10,12H,4,7-9,11H2,1-3H3,(H,18,23). The van der Waals surface area contributed by atoms with Gasteiger partial charge in [-0.05, 0) is 39.2 Å². The van der Waals surface area contributed by atoms with Gasteiger partial charge in [0.1, 0.15) is 0 Å². The quantitative estimate of drug-likeness (QED) is 0.551. The second kappa shape index (κ2) is 8.61. The highest BCUT2D eigenvalue weighted by Crippen LogP contribution is 2.30. The molecular formula is C17H24N4O5. The predicted molar refractivity (Wildman–Crippen MR) is 96.1 cm³/mol. The molecule has 1 N–H and O–H groups in total. The van der Waals surface area contributed by atoms with E-state index in [4.69, 9.17) is 4.74 Å². The average molecular weight is 364 g/mol. The molecule has 0 aliphatic carbocycles. The monoisotopic (exact) mass is 364 g/mol. The largest absolute Gasteiger partial charge is 0.490 e. The third kappa shape index (κ3) is 4.92. The Balaban J connectivity index is 1.97. The highest BCUT2D eigenvalue weighted by atomic mass is 16.6. The van der Waals surface area contributed by atoms with E-state index in [-0.39, 0.29) is 29.7 Å². The first-order chi connectivity index (χ1) is 12.3. The van der Waals surface area contributed by atoms with Gasteiger partial charge >= 0.3 is 5.69 Å². The number of nitro benzene ring substituents is 1. The smallest absolute Gasteiger partial charge is 0.312 e. The first-order valence-corrected chi connectivity index (χ1v) is 8.37. The molecule has 0 saturated carbocycles. The number of rotatable bonds is 8. The lowest BCUT2D eigenvalue weighted by Crippen LogP contribution is -2.30. The van der Waals surface area contributed by atoms with Crippen LogP contribution in [0.5, 0.6) is 5.75 Å². The zero-order valence-corrected chi connectivity index (χ0v) is 15.2. The zero-order chi connectivity index (χ0) is 19.3. The number of ether oxygens (including phenoxy) is 1. The van der Waals surface area contributed by atoms with E-state index in [0.29, 0.717) is 18.8 Å². The van der Waals surface area contributed by atoms with Gasteiger partial charge in [-0.15, -0.1) is 0 Å². The van der Waals surface area contributed by atoms with Gasteiger partial charge in [0.25, 0.3) is 0 Å². The Labute approximate surface area is 152 Å². The Morgan fingerprint density at radius 1 is 1.46 bits per heavy atom. The van der Waals surface area contributed by atoms with Crippen molar-refractivity contribution in [2.75, 3.05) is 46.2 Å². The molecule has 1 fully saturated rings. The maximum atomic E-state index is 12.4. The first-order valence-electron chi connectivity index (χ1n) is 8.37. The number of nitrogens with zero attached hydrogens (tertiary/aromatic N) is 3. The lowest BCUT2D eigenvalue weighted by atomic mass is 10.1. The number of anilines is 1. The zero-order valence-electron chi connectivity index (χ0n) is 15.2. The third-order valence-electron chi connectivity index (χ3n) is 4.26. The van der Waals surface area contributed by atoms with Crippen molar-refractivity contribution in [2.45, 2.75) is 12.8 Å². The van der Waals surface area contributed by atoms with Crippen LogP contribution < -0.4 is 10.1 Å². The number of amides is 2. The minimum atomic E-state index is -0.569. The summed E-state index contributed by atoms with van der Waals surface area (Å²) in [6, 6.07) is 4.22. The van der Waals surface area contributed by atoms with Crippen LogP contribution in [0.4, 0.5) is 11.4 Å². The summed E-state index contributed by atoms with van der Waals surface area (Å²) < 4.78 is 4.94. The maximum absolute atomic E-state index is 12.4. The van der Waals surface area contributed by atoms with Gasteiger partial charge in [-0.3, -0.25) is 19.7 Å². The van der Waals surface area contributed by atoms with Crippen LogP contribution in [-0.2, 0) is 9.59 Å². The van der Waals surface area contributed by atoms with E-state index in [1.54, 1.807) is 4.90 Å². The van der Waals surface area contributed by atoms with E-state index in [1.165, 1.54) is 25.3 Å². The fraction of sp³-hybridized carbons (Fsp3) is 0.529. The first kappa shape index (κ1) is 19.6. The molecule has 1 saturated heterocycles. The minimum absolute atomic E-state index is 0.0374. The molecule has 1 aromatic carbocycles. The Kier molecular flexibility index (Phi) is 6.51. The van der Waals surface area contributed by atoms with Crippen molar-refractivity contribution in [3.63, 3.8) is 0 Å². The van der Waals surface area contributed by atoms with Gasteiger partial charge in [-0.25, -0.2) is 0 Å². The van der Waals surface area contributed by atoms with E-state index in [0.717, 1.165) is 13.0 Å². The summed E-state index contributed by atoms with van der Waals surface area (Å²) in [6.45, 7) is 1.86. The number of hydrogen-bond donors (Lipinski definition) is 1. The van der Waals surface area contributed by atoms with Crippen LogP contribution in [0, 0.1) is 16.0 Å². The molecule has 0 radical (unpaired) electrons. The number of carbonyl (C=O) groups is 2. The molecule has 2 rings (SSSR count). The van der Waals surface area contributed by atoms with Crippen molar-refractivity contribution in [1.82, 2.24) is 9.80 Å². The van der Waals surface area contributed by atoms with Crippen LogP contribution in [0.2, 0.25) is 0 Å². The van der Waals surface area contributed by atoms with Gasteiger partial charge in [-0.1, -0.05) is 0 Å². The minimum Gasteiger partial charge on any atom is -0.490 e. The Bertz CT molecular complexity index is 692. The number of nitrogens with one attached hydrogen (secondary N) is 1. The maximum Gasteiger partial charge on any atom is 0.312 e. The Morgan fingerprint density at radius 3 is 2.81 bits per heavy atom. The molecule has 9 nitrogen and oxygen atoms in total. The fourth-order valence-corrected chi connectivity index (χ4v) is 2.90. The molecule has 1 aliphatic heterocycles. The Morgan fingerprint density at radius 2 is 2.19 bits per heavy atom. The number of likely N-dealkylation sites (tertiary alicyclic amines) is 1. The molecule has 1 aliphatic rings. The summed E-state index contributed by atoms with van der Waals surface area (Å²) >= 11 is 0. The average Bonchev–Trinajstić information content (AvgIpc) is 2.95. The van der Waals surface area contributed by atoms with Crippen LogP contribution in [0.1, 0.15) is 12.8 Å². The summed E-state index contributed by atoms with van der Waals surface area (Å²) in [5, 5.41) is 13.7. The Hall–Kier alpha value is -2.68. The molecule has 0 aromatic heterocycles. The highest BCUT2D eigenvalue weighted by molar-refractivity contribution is 5.97. The van der Waals surface area contributed by atoms with Crippen molar-refractivity contribution >= 4 is 23.2 Å². The summed E-state index contributed by atoms with van der Waals surface area (Å²) in [7, 11) is 5.28.